The van der Waals surface area contributed by atoms with Gasteiger partial charge in [-0.1, -0.05) is 25.9 Å². The minimum atomic E-state index is 0.362. The fraction of sp³-hybridized carbons (Fsp3) is 0.750. The van der Waals surface area contributed by atoms with Gasteiger partial charge in [-0.15, -0.1) is 0 Å². The lowest BCUT2D eigenvalue weighted by Crippen LogP contribution is -2.27. The molecular weight excluding hydrogens is 188 g/mol. The van der Waals surface area contributed by atoms with Crippen LogP contribution < -0.4 is 5.73 Å². The van der Waals surface area contributed by atoms with Gasteiger partial charge in [0.1, 0.15) is 11.5 Å². The maximum atomic E-state index is 5.65. The lowest BCUT2D eigenvalue weighted by atomic mass is 9.72. The molecule has 3 heteroatoms. The number of hydrogen-bond acceptors (Lipinski definition) is 3. The third-order valence-electron chi connectivity index (χ3n) is 3.54. The molecule has 0 amide bonds. The Morgan fingerprint density at radius 1 is 1.47 bits per heavy atom. The Balaban J connectivity index is 2.25. The summed E-state index contributed by atoms with van der Waals surface area (Å²) in [6.07, 6.45) is 3.30. The normalized spacial score (nSPS) is 21.5. The van der Waals surface area contributed by atoms with E-state index in [0.717, 1.165) is 30.2 Å². The van der Waals surface area contributed by atoms with Crippen LogP contribution in [0.25, 0.3) is 0 Å². The van der Waals surface area contributed by atoms with Crippen LogP contribution >= 0.6 is 0 Å². The van der Waals surface area contributed by atoms with E-state index in [1.807, 2.05) is 0 Å². The minimum Gasteiger partial charge on any atom is -0.361 e. The van der Waals surface area contributed by atoms with Crippen molar-refractivity contribution in [3.05, 3.63) is 17.0 Å². The van der Waals surface area contributed by atoms with Crippen LogP contribution in [0.2, 0.25) is 0 Å². The van der Waals surface area contributed by atoms with E-state index in [1.165, 1.54) is 12.0 Å². The summed E-state index contributed by atoms with van der Waals surface area (Å²) < 4.78 is 5.31. The van der Waals surface area contributed by atoms with Crippen molar-refractivity contribution in [1.82, 2.24) is 5.16 Å². The van der Waals surface area contributed by atoms with Gasteiger partial charge in [-0.25, -0.2) is 0 Å². The molecule has 0 bridgehead atoms. The highest BCUT2D eigenvalue weighted by molar-refractivity contribution is 5.26. The summed E-state index contributed by atoms with van der Waals surface area (Å²) in [6.45, 7) is 7.41. The third-order valence-corrected chi connectivity index (χ3v) is 3.54. The first kappa shape index (κ1) is 10.7. The van der Waals surface area contributed by atoms with Gasteiger partial charge in [-0.3, -0.25) is 0 Å². The van der Waals surface area contributed by atoms with Gasteiger partial charge in [0.15, 0.2) is 0 Å². The molecule has 1 aromatic rings. The lowest BCUT2D eigenvalue weighted by molar-refractivity contribution is 0.206. The first-order valence-corrected chi connectivity index (χ1v) is 5.68. The van der Waals surface area contributed by atoms with E-state index in [-0.39, 0.29) is 0 Å². The molecule has 0 fully saturated rings. The Hall–Kier alpha value is -0.830. The number of nitrogens with two attached hydrogens (primary N) is 1. The largest absolute Gasteiger partial charge is 0.361 e. The Labute approximate surface area is 91.0 Å². The molecule has 1 aliphatic carbocycles. The van der Waals surface area contributed by atoms with Crippen molar-refractivity contribution in [1.29, 1.82) is 0 Å². The number of aromatic nitrogens is 1. The molecule has 0 aromatic carbocycles. The predicted octanol–water partition coefficient (Wildman–Crippen LogP) is 2.28. The molecule has 0 saturated heterocycles. The zero-order valence-corrected chi connectivity index (χ0v) is 9.84. The number of fused-ring (bicyclic) bond motifs is 1. The molecule has 0 radical (unpaired) electrons. The van der Waals surface area contributed by atoms with E-state index in [4.69, 9.17) is 10.3 Å². The van der Waals surface area contributed by atoms with Gasteiger partial charge in [0.2, 0.25) is 0 Å². The Bertz CT molecular complexity index is 335. The van der Waals surface area contributed by atoms with Gasteiger partial charge in [-0.2, -0.15) is 0 Å². The molecule has 0 saturated carbocycles. The molecule has 2 rings (SSSR count). The molecule has 1 unspecified atom stereocenters. The topological polar surface area (TPSA) is 52.0 Å². The van der Waals surface area contributed by atoms with E-state index in [2.05, 4.69) is 25.9 Å². The highest BCUT2D eigenvalue weighted by atomic mass is 16.5. The summed E-state index contributed by atoms with van der Waals surface area (Å²) >= 11 is 0. The van der Waals surface area contributed by atoms with E-state index >= 15 is 0 Å². The van der Waals surface area contributed by atoms with E-state index in [9.17, 15) is 0 Å². The first-order chi connectivity index (χ1) is 7.02. The Kier molecular flexibility index (Phi) is 2.59. The second-order valence-electron chi connectivity index (χ2n) is 5.54. The van der Waals surface area contributed by atoms with Crippen LogP contribution in [0.3, 0.4) is 0 Å². The molecule has 1 aliphatic rings. The molecule has 1 heterocycles. The Morgan fingerprint density at radius 2 is 2.20 bits per heavy atom. The zero-order valence-electron chi connectivity index (χ0n) is 9.84. The van der Waals surface area contributed by atoms with Crippen molar-refractivity contribution < 1.29 is 4.52 Å². The minimum absolute atomic E-state index is 0.362. The maximum Gasteiger partial charge on any atom is 0.140 e. The van der Waals surface area contributed by atoms with Crippen molar-refractivity contribution in [3.63, 3.8) is 0 Å². The summed E-state index contributed by atoms with van der Waals surface area (Å²) in [6, 6.07) is 0. The summed E-state index contributed by atoms with van der Waals surface area (Å²) in [4.78, 5) is 0. The first-order valence-electron chi connectivity index (χ1n) is 5.68. The van der Waals surface area contributed by atoms with Crippen LogP contribution in [0.15, 0.2) is 4.52 Å². The lowest BCUT2D eigenvalue weighted by Gasteiger charge is -2.33. The average Bonchev–Trinajstić information content (AvgIpc) is 2.57. The monoisotopic (exact) mass is 208 g/mol. The van der Waals surface area contributed by atoms with E-state index in [0.29, 0.717) is 12.0 Å². The van der Waals surface area contributed by atoms with Gasteiger partial charge in [0, 0.05) is 18.5 Å². The van der Waals surface area contributed by atoms with Gasteiger partial charge in [0.05, 0.1) is 0 Å². The van der Waals surface area contributed by atoms with E-state index < -0.39 is 0 Å². The van der Waals surface area contributed by atoms with Crippen LogP contribution in [0.4, 0.5) is 0 Å². The SMILES string of the molecule is CC(C)(C)C1CCc2onc(CN)c2C1. The number of aryl methyl sites for hydroxylation is 1. The molecular formula is C12H20N2O. The quantitative estimate of drug-likeness (QED) is 0.770. The standard InChI is InChI=1S/C12H20N2O/c1-12(2,3)8-4-5-11-9(6-8)10(7-13)14-15-11/h8H,4-7,13H2,1-3H3. The second-order valence-corrected chi connectivity index (χ2v) is 5.54. The molecule has 15 heavy (non-hydrogen) atoms. The number of hydrogen-bond donors (Lipinski definition) is 1. The van der Waals surface area contributed by atoms with Gasteiger partial charge in [-0.05, 0) is 24.2 Å². The van der Waals surface area contributed by atoms with Crippen molar-refractivity contribution >= 4 is 0 Å². The zero-order chi connectivity index (χ0) is 11.1. The van der Waals surface area contributed by atoms with Crippen LogP contribution in [-0.2, 0) is 19.4 Å². The summed E-state index contributed by atoms with van der Waals surface area (Å²) in [7, 11) is 0. The van der Waals surface area contributed by atoms with Crippen molar-refractivity contribution in [2.45, 2.75) is 46.6 Å². The van der Waals surface area contributed by atoms with Gasteiger partial charge in [0.25, 0.3) is 0 Å². The molecule has 1 atom stereocenters. The smallest absolute Gasteiger partial charge is 0.140 e. The predicted molar refractivity (Wildman–Crippen MR) is 59.4 cm³/mol. The average molecular weight is 208 g/mol. The van der Waals surface area contributed by atoms with Crippen LogP contribution in [0, 0.1) is 11.3 Å². The molecule has 3 nitrogen and oxygen atoms in total. The van der Waals surface area contributed by atoms with E-state index in [1.54, 1.807) is 0 Å². The Morgan fingerprint density at radius 3 is 2.80 bits per heavy atom. The van der Waals surface area contributed by atoms with Crippen molar-refractivity contribution in [2.24, 2.45) is 17.1 Å². The van der Waals surface area contributed by atoms with Crippen molar-refractivity contribution in [3.8, 4) is 0 Å². The van der Waals surface area contributed by atoms with Crippen molar-refractivity contribution in [2.75, 3.05) is 0 Å². The van der Waals surface area contributed by atoms with Crippen LogP contribution in [-0.4, -0.2) is 5.16 Å². The van der Waals surface area contributed by atoms with Crippen LogP contribution in [0.5, 0.6) is 0 Å². The summed E-state index contributed by atoms with van der Waals surface area (Å²) in [5.74, 6) is 1.78. The number of nitrogens with zero attached hydrogens (tertiary/aromatic N) is 1. The van der Waals surface area contributed by atoms with Gasteiger partial charge >= 0.3 is 0 Å². The fourth-order valence-corrected chi connectivity index (χ4v) is 2.36. The summed E-state index contributed by atoms with van der Waals surface area (Å²) in [5.41, 5.74) is 8.25. The molecule has 0 spiro atoms. The highest BCUT2D eigenvalue weighted by Gasteiger charge is 2.32. The van der Waals surface area contributed by atoms with Crippen LogP contribution in [0.1, 0.15) is 44.2 Å². The third kappa shape index (κ3) is 1.93. The molecule has 84 valence electrons. The summed E-state index contributed by atoms with van der Waals surface area (Å²) in [5, 5.41) is 4.03. The number of rotatable bonds is 1. The van der Waals surface area contributed by atoms with Gasteiger partial charge < -0.3 is 10.3 Å². The maximum absolute atomic E-state index is 5.65. The molecule has 2 N–H and O–H groups in total. The molecule has 0 aliphatic heterocycles. The second kappa shape index (κ2) is 3.63. The molecule has 1 aromatic heterocycles. The fourth-order valence-electron chi connectivity index (χ4n) is 2.36. The highest BCUT2D eigenvalue weighted by Crippen LogP contribution is 2.38.